The number of aryl methyl sites for hydroxylation is 1. The number of benzene rings is 3. The molecule has 1 aliphatic heterocycles. The van der Waals surface area contributed by atoms with E-state index in [0.29, 0.717) is 35.8 Å². The van der Waals surface area contributed by atoms with Crippen LogP contribution < -0.4 is 15.8 Å². The summed E-state index contributed by atoms with van der Waals surface area (Å²) in [4.78, 5) is 22.2. The van der Waals surface area contributed by atoms with E-state index in [1.807, 2.05) is 41.3 Å². The van der Waals surface area contributed by atoms with Crippen LogP contribution in [0.5, 0.6) is 0 Å². The van der Waals surface area contributed by atoms with E-state index in [1.165, 1.54) is 21.8 Å². The molecule has 1 fully saturated rings. The van der Waals surface area contributed by atoms with E-state index in [4.69, 9.17) is 5.84 Å². The summed E-state index contributed by atoms with van der Waals surface area (Å²) in [7, 11) is 0. The van der Waals surface area contributed by atoms with Gasteiger partial charge in [-0.15, -0.1) is 5.10 Å². The van der Waals surface area contributed by atoms with E-state index in [-0.39, 0.29) is 5.91 Å². The number of piperazine rings is 1. The molecule has 0 aliphatic carbocycles. The third-order valence-corrected chi connectivity index (χ3v) is 7.11. The number of rotatable bonds is 4. The predicted octanol–water partition coefficient (Wildman–Crippen LogP) is 3.26. The smallest absolute Gasteiger partial charge is 0.253 e. The number of hydrogen-bond donors (Lipinski definition) is 1. The zero-order chi connectivity index (χ0) is 25.5. The van der Waals surface area contributed by atoms with Gasteiger partial charge in [-0.25, -0.2) is 10.8 Å². The standard InChI is InChI=1S/C27H27N9O/c1-18-6-5-9-23(19(18)2)33-14-16-34(17-15-33)27(37)20-10-12-21(13-11-20)35(28)25-26-30-31-32-36(26)24-8-4-3-7-22(24)29-25/h3-13H,14-17,28H2,1-2H3. The number of nitrogens with two attached hydrogens (primary N) is 1. The lowest BCUT2D eigenvalue weighted by molar-refractivity contribution is 0.0747. The van der Waals surface area contributed by atoms with Gasteiger partial charge in [0, 0.05) is 37.4 Å². The molecular formula is C27H27N9O. The lowest BCUT2D eigenvalue weighted by Gasteiger charge is -2.37. The first-order valence-electron chi connectivity index (χ1n) is 12.2. The van der Waals surface area contributed by atoms with E-state index in [2.05, 4.69) is 57.5 Å². The summed E-state index contributed by atoms with van der Waals surface area (Å²) < 4.78 is 1.62. The molecule has 1 aliphatic rings. The molecule has 1 amide bonds. The molecule has 186 valence electrons. The minimum Gasteiger partial charge on any atom is -0.368 e. The summed E-state index contributed by atoms with van der Waals surface area (Å²) in [5, 5.41) is 13.4. The van der Waals surface area contributed by atoms with Crippen molar-refractivity contribution in [3.05, 3.63) is 83.4 Å². The number of carbonyl (C=O) groups is 1. The van der Waals surface area contributed by atoms with Crippen molar-refractivity contribution < 1.29 is 4.79 Å². The number of carbonyl (C=O) groups excluding carboxylic acids is 1. The largest absolute Gasteiger partial charge is 0.368 e. The third-order valence-electron chi connectivity index (χ3n) is 7.11. The number of tetrazole rings is 1. The van der Waals surface area contributed by atoms with Crippen molar-refractivity contribution in [3.8, 4) is 0 Å². The zero-order valence-corrected chi connectivity index (χ0v) is 20.7. The van der Waals surface area contributed by atoms with Crippen molar-refractivity contribution in [2.24, 2.45) is 5.84 Å². The van der Waals surface area contributed by atoms with Crippen LogP contribution in [0, 0.1) is 13.8 Å². The van der Waals surface area contributed by atoms with E-state index in [9.17, 15) is 4.79 Å². The van der Waals surface area contributed by atoms with Crippen LogP contribution in [-0.2, 0) is 0 Å². The Kier molecular flexibility index (Phi) is 5.65. The average molecular weight is 494 g/mol. The second-order valence-electron chi connectivity index (χ2n) is 9.25. The van der Waals surface area contributed by atoms with Crippen LogP contribution >= 0.6 is 0 Å². The maximum absolute atomic E-state index is 13.2. The summed E-state index contributed by atoms with van der Waals surface area (Å²) in [5.41, 5.74) is 7.08. The molecule has 37 heavy (non-hydrogen) atoms. The highest BCUT2D eigenvalue weighted by Gasteiger charge is 2.24. The summed E-state index contributed by atoms with van der Waals surface area (Å²) >= 11 is 0. The Morgan fingerprint density at radius 1 is 0.919 bits per heavy atom. The Morgan fingerprint density at radius 3 is 2.46 bits per heavy atom. The lowest BCUT2D eigenvalue weighted by Crippen LogP contribution is -2.49. The molecule has 0 saturated carbocycles. The molecule has 2 N–H and O–H groups in total. The van der Waals surface area contributed by atoms with Crippen molar-refractivity contribution in [3.63, 3.8) is 0 Å². The highest BCUT2D eigenvalue weighted by atomic mass is 16.2. The summed E-state index contributed by atoms with van der Waals surface area (Å²) in [5.74, 6) is 6.89. The maximum Gasteiger partial charge on any atom is 0.253 e. The van der Waals surface area contributed by atoms with Gasteiger partial charge in [0.1, 0.15) is 0 Å². The van der Waals surface area contributed by atoms with Gasteiger partial charge in [0.15, 0.2) is 5.82 Å². The number of anilines is 3. The highest BCUT2D eigenvalue weighted by Crippen LogP contribution is 2.27. The molecule has 2 aromatic heterocycles. The molecule has 1 saturated heterocycles. The molecule has 3 heterocycles. The first-order valence-corrected chi connectivity index (χ1v) is 12.2. The number of aromatic nitrogens is 5. The Balaban J connectivity index is 1.18. The number of fused-ring (bicyclic) bond motifs is 3. The van der Waals surface area contributed by atoms with Gasteiger partial charge in [-0.3, -0.25) is 9.80 Å². The van der Waals surface area contributed by atoms with Crippen LogP contribution in [0.25, 0.3) is 16.7 Å². The zero-order valence-electron chi connectivity index (χ0n) is 20.7. The Hall–Kier alpha value is -4.57. The van der Waals surface area contributed by atoms with E-state index in [1.54, 1.807) is 16.6 Å². The van der Waals surface area contributed by atoms with Crippen LogP contribution in [0.4, 0.5) is 17.2 Å². The molecule has 0 bridgehead atoms. The number of hydrazine groups is 1. The minimum atomic E-state index is 0.0172. The molecular weight excluding hydrogens is 466 g/mol. The van der Waals surface area contributed by atoms with Crippen LogP contribution in [0.2, 0.25) is 0 Å². The molecule has 10 heteroatoms. The molecule has 0 radical (unpaired) electrons. The quantitative estimate of drug-likeness (QED) is 0.300. The van der Waals surface area contributed by atoms with Crippen molar-refractivity contribution >= 4 is 39.8 Å². The monoisotopic (exact) mass is 493 g/mol. The summed E-state index contributed by atoms with van der Waals surface area (Å²) in [6, 6.07) is 21.2. The van der Waals surface area contributed by atoms with E-state index in [0.717, 1.165) is 24.1 Å². The fourth-order valence-electron chi connectivity index (χ4n) is 4.85. The van der Waals surface area contributed by atoms with Gasteiger partial charge in [-0.1, -0.05) is 24.3 Å². The molecule has 5 aromatic rings. The van der Waals surface area contributed by atoms with Crippen molar-refractivity contribution in [1.82, 2.24) is 29.9 Å². The molecule has 0 unspecified atom stereocenters. The van der Waals surface area contributed by atoms with E-state index < -0.39 is 0 Å². The lowest BCUT2D eigenvalue weighted by atomic mass is 10.1. The van der Waals surface area contributed by atoms with Crippen molar-refractivity contribution in [2.45, 2.75) is 13.8 Å². The maximum atomic E-state index is 13.2. The molecule has 0 spiro atoms. The SMILES string of the molecule is Cc1cccc(N2CCN(C(=O)c3ccc(N(N)c4nc5ccccc5n5nnnc45)cc3)CC2)c1C. The fraction of sp³-hybridized carbons (Fsp3) is 0.222. The van der Waals surface area contributed by atoms with Crippen LogP contribution in [0.15, 0.2) is 66.7 Å². The molecule has 6 rings (SSSR count). The van der Waals surface area contributed by atoms with Crippen molar-refractivity contribution in [2.75, 3.05) is 36.1 Å². The van der Waals surface area contributed by atoms with Gasteiger partial charge in [0.05, 0.1) is 16.7 Å². The normalized spacial score (nSPS) is 13.9. The van der Waals surface area contributed by atoms with Gasteiger partial charge in [-0.2, -0.15) is 4.52 Å². The van der Waals surface area contributed by atoms with Crippen LogP contribution in [0.3, 0.4) is 0 Å². The first-order chi connectivity index (χ1) is 18.0. The number of nitrogens with zero attached hydrogens (tertiary/aromatic N) is 8. The second-order valence-corrected chi connectivity index (χ2v) is 9.25. The summed E-state index contributed by atoms with van der Waals surface area (Å²) in [6.45, 7) is 7.25. The predicted molar refractivity (Wildman–Crippen MR) is 143 cm³/mol. The molecule has 10 nitrogen and oxygen atoms in total. The van der Waals surface area contributed by atoms with Gasteiger partial charge in [-0.05, 0) is 77.9 Å². The second kappa shape index (κ2) is 9.14. The van der Waals surface area contributed by atoms with Crippen LogP contribution in [0.1, 0.15) is 21.5 Å². The number of para-hydroxylation sites is 2. The van der Waals surface area contributed by atoms with Crippen molar-refractivity contribution in [1.29, 1.82) is 0 Å². The Bertz CT molecular complexity index is 1600. The van der Waals surface area contributed by atoms with E-state index >= 15 is 0 Å². The Labute approximate surface area is 213 Å². The number of hydrogen-bond acceptors (Lipinski definition) is 8. The van der Waals surface area contributed by atoms with Gasteiger partial charge in [0.2, 0.25) is 5.65 Å². The van der Waals surface area contributed by atoms with Crippen LogP contribution in [-0.4, -0.2) is 62.0 Å². The summed E-state index contributed by atoms with van der Waals surface area (Å²) in [6.07, 6.45) is 0. The molecule has 0 atom stereocenters. The van der Waals surface area contributed by atoms with Gasteiger partial charge >= 0.3 is 0 Å². The van der Waals surface area contributed by atoms with Gasteiger partial charge < -0.3 is 9.80 Å². The number of amides is 1. The fourth-order valence-corrected chi connectivity index (χ4v) is 4.85. The average Bonchev–Trinajstić information content (AvgIpc) is 3.44. The van der Waals surface area contributed by atoms with Gasteiger partial charge in [0.25, 0.3) is 5.91 Å². The minimum absolute atomic E-state index is 0.0172. The topological polar surface area (TPSA) is 109 Å². The Morgan fingerprint density at radius 2 is 1.68 bits per heavy atom. The molecule has 3 aromatic carbocycles. The highest BCUT2D eigenvalue weighted by molar-refractivity contribution is 5.95. The third kappa shape index (κ3) is 4.01. The first kappa shape index (κ1) is 22.9.